The van der Waals surface area contributed by atoms with Gasteiger partial charge in [0.15, 0.2) is 5.82 Å². The van der Waals surface area contributed by atoms with Gasteiger partial charge in [0.2, 0.25) is 0 Å². The van der Waals surface area contributed by atoms with Crippen molar-refractivity contribution in [1.82, 2.24) is 19.6 Å². The first kappa shape index (κ1) is 11.3. The topological polar surface area (TPSA) is 105 Å². The van der Waals surface area contributed by atoms with E-state index in [1.54, 1.807) is 16.8 Å². The molecule has 0 spiro atoms. The van der Waals surface area contributed by atoms with Gasteiger partial charge in [0, 0.05) is 17.3 Å². The van der Waals surface area contributed by atoms with Crippen LogP contribution in [0, 0.1) is 0 Å². The van der Waals surface area contributed by atoms with Crippen molar-refractivity contribution >= 4 is 28.3 Å². The molecule has 3 aromatic rings. The summed E-state index contributed by atoms with van der Waals surface area (Å²) in [7, 11) is 0. The van der Waals surface area contributed by atoms with Crippen LogP contribution in [0.1, 0.15) is 4.79 Å². The number of nitrogens with zero attached hydrogens (tertiary/aromatic N) is 4. The number of carbonyl (C=O) groups is 1. The highest BCUT2D eigenvalue weighted by molar-refractivity contribution is 5.97. The summed E-state index contributed by atoms with van der Waals surface area (Å²) in [6, 6.07) is 7.28. The summed E-state index contributed by atoms with van der Waals surface area (Å²) in [5.74, 6) is 0.153. The maximum atomic E-state index is 12.2. The van der Waals surface area contributed by atoms with E-state index in [1.807, 2.05) is 18.2 Å². The van der Waals surface area contributed by atoms with Crippen molar-refractivity contribution in [3.63, 3.8) is 0 Å². The normalized spacial score (nSPS) is 10.9. The average Bonchev–Trinajstić information content (AvgIpc) is 2.96. The van der Waals surface area contributed by atoms with Crippen LogP contribution in [0.3, 0.4) is 0 Å². The lowest BCUT2D eigenvalue weighted by Gasteiger charge is -2.04. The second-order valence-corrected chi connectivity index (χ2v) is 4.20. The highest BCUT2D eigenvalue weighted by atomic mass is 16.2. The number of carbonyl (C=O) groups excluding carboxylic acids is 1. The molecule has 7 nitrogen and oxygen atoms in total. The first-order valence-corrected chi connectivity index (χ1v) is 5.69. The largest absolute Gasteiger partial charge is 0.398 e. The molecule has 0 amide bonds. The van der Waals surface area contributed by atoms with Crippen molar-refractivity contribution in [2.24, 2.45) is 0 Å². The number of rotatable bonds is 2. The zero-order valence-electron chi connectivity index (χ0n) is 10.0. The molecule has 19 heavy (non-hydrogen) atoms. The molecule has 0 fully saturated rings. The van der Waals surface area contributed by atoms with Crippen LogP contribution in [-0.4, -0.2) is 25.5 Å². The van der Waals surface area contributed by atoms with Crippen molar-refractivity contribution in [2.45, 2.75) is 6.54 Å². The Morgan fingerprint density at radius 1 is 1.26 bits per heavy atom. The van der Waals surface area contributed by atoms with Crippen molar-refractivity contribution in [1.29, 1.82) is 0 Å². The van der Waals surface area contributed by atoms with Crippen LogP contribution in [0.2, 0.25) is 0 Å². The Labute approximate surface area is 108 Å². The van der Waals surface area contributed by atoms with Crippen molar-refractivity contribution in [3.05, 3.63) is 36.7 Å². The second-order valence-electron chi connectivity index (χ2n) is 4.20. The van der Waals surface area contributed by atoms with Crippen LogP contribution in [0.4, 0.5) is 11.5 Å². The number of hydrogen-bond acceptors (Lipinski definition) is 5. The number of hydrogen-bond donors (Lipinski definition) is 2. The van der Waals surface area contributed by atoms with Gasteiger partial charge in [0.25, 0.3) is 5.91 Å². The fourth-order valence-corrected chi connectivity index (χ4v) is 2.01. The molecule has 0 aliphatic heterocycles. The van der Waals surface area contributed by atoms with Gasteiger partial charge in [-0.05, 0) is 18.2 Å². The molecule has 0 saturated heterocycles. The minimum absolute atomic E-state index is 0.0722. The van der Waals surface area contributed by atoms with E-state index < -0.39 is 0 Å². The maximum Gasteiger partial charge on any atom is 0.252 e. The Balaban J connectivity index is 1.96. The Kier molecular flexibility index (Phi) is 2.45. The van der Waals surface area contributed by atoms with Gasteiger partial charge in [-0.25, -0.2) is 4.68 Å². The van der Waals surface area contributed by atoms with Crippen LogP contribution >= 0.6 is 0 Å². The quantitative estimate of drug-likeness (QED) is 0.658. The minimum Gasteiger partial charge on any atom is -0.398 e. The summed E-state index contributed by atoms with van der Waals surface area (Å²) >= 11 is 0. The highest BCUT2D eigenvalue weighted by Crippen LogP contribution is 2.21. The van der Waals surface area contributed by atoms with Gasteiger partial charge in [-0.2, -0.15) is 0 Å². The molecule has 0 radical (unpaired) electrons. The van der Waals surface area contributed by atoms with Gasteiger partial charge in [-0.1, -0.05) is 11.3 Å². The molecule has 96 valence electrons. The molecule has 0 saturated carbocycles. The Morgan fingerprint density at radius 2 is 2.11 bits per heavy atom. The summed E-state index contributed by atoms with van der Waals surface area (Å²) < 4.78 is 2.94. The fourth-order valence-electron chi connectivity index (χ4n) is 2.01. The standard InChI is InChI=1S/C12H12N6O/c13-9-2-1-3-10-8(9)4-5-18(10)12(19)7-17-6-11(14)15-16-17/h1-6H,7,13-14H2. The zero-order valence-corrected chi connectivity index (χ0v) is 10.0. The lowest BCUT2D eigenvalue weighted by Crippen LogP contribution is -2.17. The van der Waals surface area contributed by atoms with Crippen LogP contribution in [0.5, 0.6) is 0 Å². The van der Waals surface area contributed by atoms with Crippen LogP contribution in [-0.2, 0) is 6.54 Å². The first-order chi connectivity index (χ1) is 9.15. The van der Waals surface area contributed by atoms with Crippen LogP contribution in [0.25, 0.3) is 10.9 Å². The molecule has 3 rings (SSSR count). The lowest BCUT2D eigenvalue weighted by atomic mass is 10.2. The summed E-state index contributed by atoms with van der Waals surface area (Å²) in [6.45, 7) is 0.0722. The predicted octanol–water partition coefficient (Wildman–Crippen LogP) is 0.738. The fraction of sp³-hybridized carbons (Fsp3) is 0.0833. The van der Waals surface area contributed by atoms with Gasteiger partial charge in [0.1, 0.15) is 6.54 Å². The number of nitrogens with two attached hydrogens (primary N) is 2. The molecule has 1 aromatic carbocycles. The van der Waals surface area contributed by atoms with E-state index >= 15 is 0 Å². The number of aromatic nitrogens is 4. The van der Waals surface area contributed by atoms with Gasteiger partial charge in [-0.3, -0.25) is 9.36 Å². The van der Waals surface area contributed by atoms with Crippen LogP contribution in [0.15, 0.2) is 36.7 Å². The molecule has 7 heteroatoms. The van der Waals surface area contributed by atoms with Crippen molar-refractivity contribution in [2.75, 3.05) is 11.5 Å². The summed E-state index contributed by atoms with van der Waals surface area (Å²) in [5.41, 5.74) is 12.7. The van der Waals surface area contributed by atoms with E-state index in [2.05, 4.69) is 10.3 Å². The summed E-state index contributed by atoms with van der Waals surface area (Å²) in [4.78, 5) is 12.2. The molecule has 4 N–H and O–H groups in total. The Hall–Kier alpha value is -2.83. The van der Waals surface area contributed by atoms with Crippen LogP contribution < -0.4 is 11.5 Å². The van der Waals surface area contributed by atoms with E-state index in [0.29, 0.717) is 5.69 Å². The van der Waals surface area contributed by atoms with E-state index in [0.717, 1.165) is 10.9 Å². The highest BCUT2D eigenvalue weighted by Gasteiger charge is 2.11. The van der Waals surface area contributed by atoms with E-state index in [-0.39, 0.29) is 18.3 Å². The van der Waals surface area contributed by atoms with Crippen molar-refractivity contribution in [3.8, 4) is 0 Å². The molecule has 0 unspecified atom stereocenters. The molecule has 0 bridgehead atoms. The van der Waals surface area contributed by atoms with E-state index in [4.69, 9.17) is 11.5 Å². The smallest absolute Gasteiger partial charge is 0.252 e. The molecule has 2 heterocycles. The third-order valence-electron chi connectivity index (χ3n) is 2.89. The molecule has 2 aromatic heterocycles. The minimum atomic E-state index is -0.134. The third kappa shape index (κ3) is 1.90. The van der Waals surface area contributed by atoms with E-state index in [9.17, 15) is 4.79 Å². The van der Waals surface area contributed by atoms with Crippen molar-refractivity contribution < 1.29 is 4.79 Å². The summed E-state index contributed by atoms with van der Waals surface area (Å²) in [6.07, 6.45) is 3.21. The molecule has 0 aliphatic carbocycles. The SMILES string of the molecule is Nc1cn(CC(=O)n2ccc3c(N)cccc32)nn1. The molecule has 0 atom stereocenters. The maximum absolute atomic E-state index is 12.2. The number of benzene rings is 1. The summed E-state index contributed by atoms with van der Waals surface area (Å²) in [5, 5.41) is 8.24. The number of nitrogen functional groups attached to an aromatic ring is 2. The van der Waals surface area contributed by atoms with Gasteiger partial charge >= 0.3 is 0 Å². The monoisotopic (exact) mass is 256 g/mol. The number of anilines is 2. The first-order valence-electron chi connectivity index (χ1n) is 5.69. The van der Waals surface area contributed by atoms with Gasteiger partial charge in [0.05, 0.1) is 11.7 Å². The lowest BCUT2D eigenvalue weighted by molar-refractivity contribution is 0.0891. The average molecular weight is 256 g/mol. The Morgan fingerprint density at radius 3 is 2.84 bits per heavy atom. The Bertz CT molecular complexity index is 757. The third-order valence-corrected chi connectivity index (χ3v) is 2.89. The van der Waals surface area contributed by atoms with Gasteiger partial charge < -0.3 is 11.5 Å². The van der Waals surface area contributed by atoms with E-state index in [1.165, 1.54) is 10.9 Å². The second kappa shape index (κ2) is 4.13. The molecular formula is C12H12N6O. The zero-order chi connectivity index (χ0) is 13.4. The van der Waals surface area contributed by atoms with Gasteiger partial charge in [-0.15, -0.1) is 5.10 Å². The predicted molar refractivity (Wildman–Crippen MR) is 71.4 cm³/mol. The molecule has 0 aliphatic rings. The molecular weight excluding hydrogens is 244 g/mol. The number of fused-ring (bicyclic) bond motifs is 1.